The van der Waals surface area contributed by atoms with Crippen molar-refractivity contribution in [2.24, 2.45) is 5.10 Å². The van der Waals surface area contributed by atoms with Gasteiger partial charge < -0.3 is 5.32 Å². The molecule has 4 rings (SSSR count). The molecule has 13 heteroatoms. The van der Waals surface area contributed by atoms with Crippen molar-refractivity contribution in [3.05, 3.63) is 67.7 Å². The molecule has 4 aromatic rings. The van der Waals surface area contributed by atoms with E-state index >= 15 is 0 Å². The third-order valence-corrected chi connectivity index (χ3v) is 4.70. The first-order chi connectivity index (χ1) is 14.9. The third kappa shape index (κ3) is 4.52. The van der Waals surface area contributed by atoms with Gasteiger partial charge in [0.25, 0.3) is 5.69 Å². The first-order valence-corrected chi connectivity index (χ1v) is 9.43. The number of benzene rings is 2. The molecule has 2 aromatic heterocycles. The van der Waals surface area contributed by atoms with Crippen molar-refractivity contribution >= 4 is 63.7 Å². The minimum Gasteiger partial charge on any atom is -0.337 e. The second-order valence-corrected chi connectivity index (χ2v) is 7.09. The highest BCUT2D eigenvalue weighted by Gasteiger charge is 2.16. The highest BCUT2D eigenvalue weighted by Crippen LogP contribution is 2.30. The molecule has 0 aliphatic carbocycles. The van der Waals surface area contributed by atoms with Gasteiger partial charge in [-0.15, -0.1) is 0 Å². The standard InChI is InChI=1S/C18H12Cl2N8O3/c1-9-2-4-11(5-3-9)22-15-16(24-18-17(23-15)26-31-27-18)25-21-8-10-6-14(28(29)30)13(20)7-12(10)19/h2-8H,1H3,(H,22,23,26)(H,24,25,27)/b21-8+. The van der Waals surface area contributed by atoms with E-state index in [0.29, 0.717) is 5.82 Å². The number of aromatic nitrogens is 4. The Morgan fingerprint density at radius 3 is 2.42 bits per heavy atom. The van der Waals surface area contributed by atoms with Crippen LogP contribution in [0.25, 0.3) is 11.3 Å². The van der Waals surface area contributed by atoms with E-state index in [1.807, 2.05) is 31.2 Å². The van der Waals surface area contributed by atoms with Crippen LogP contribution in [-0.2, 0) is 0 Å². The molecule has 0 spiro atoms. The Bertz CT molecular complexity index is 1310. The number of rotatable bonds is 6. The normalized spacial score (nSPS) is 11.2. The number of halogens is 2. The molecule has 0 atom stereocenters. The zero-order valence-corrected chi connectivity index (χ0v) is 17.2. The zero-order chi connectivity index (χ0) is 22.0. The van der Waals surface area contributed by atoms with Crippen LogP contribution in [0.1, 0.15) is 11.1 Å². The molecule has 0 amide bonds. The van der Waals surface area contributed by atoms with Gasteiger partial charge in [0, 0.05) is 17.3 Å². The van der Waals surface area contributed by atoms with Crippen molar-refractivity contribution in [1.29, 1.82) is 0 Å². The number of hydrazone groups is 1. The van der Waals surface area contributed by atoms with Crippen LogP contribution in [-0.4, -0.2) is 31.4 Å². The van der Waals surface area contributed by atoms with Gasteiger partial charge in [0.1, 0.15) is 5.02 Å². The molecular weight excluding hydrogens is 447 g/mol. The summed E-state index contributed by atoms with van der Waals surface area (Å²) < 4.78 is 4.66. The van der Waals surface area contributed by atoms with Crippen molar-refractivity contribution in [3.8, 4) is 0 Å². The van der Waals surface area contributed by atoms with E-state index in [1.165, 1.54) is 18.3 Å². The van der Waals surface area contributed by atoms with Crippen molar-refractivity contribution in [1.82, 2.24) is 20.3 Å². The molecule has 31 heavy (non-hydrogen) atoms. The number of anilines is 3. The Morgan fingerprint density at radius 2 is 1.74 bits per heavy atom. The number of fused-ring (bicyclic) bond motifs is 1. The minimum atomic E-state index is -0.607. The number of hydrogen-bond donors (Lipinski definition) is 2. The summed E-state index contributed by atoms with van der Waals surface area (Å²) in [5, 5.41) is 25.8. The summed E-state index contributed by atoms with van der Waals surface area (Å²) in [6.45, 7) is 1.98. The fourth-order valence-corrected chi connectivity index (χ4v) is 3.03. The van der Waals surface area contributed by atoms with Crippen LogP contribution in [0.3, 0.4) is 0 Å². The quantitative estimate of drug-likeness (QED) is 0.238. The van der Waals surface area contributed by atoms with E-state index in [0.717, 1.165) is 11.3 Å². The molecule has 0 aliphatic heterocycles. The summed E-state index contributed by atoms with van der Waals surface area (Å²) in [7, 11) is 0. The van der Waals surface area contributed by atoms with Crippen LogP contribution in [0.5, 0.6) is 0 Å². The fraction of sp³-hybridized carbons (Fsp3) is 0.0556. The van der Waals surface area contributed by atoms with Crippen LogP contribution < -0.4 is 10.7 Å². The maximum atomic E-state index is 11.1. The molecule has 0 unspecified atom stereocenters. The molecule has 0 radical (unpaired) electrons. The third-order valence-electron chi connectivity index (χ3n) is 4.07. The van der Waals surface area contributed by atoms with Crippen LogP contribution in [0.4, 0.5) is 23.0 Å². The maximum absolute atomic E-state index is 11.1. The molecule has 11 nitrogen and oxygen atoms in total. The van der Waals surface area contributed by atoms with Gasteiger partial charge in [-0.05, 0) is 35.4 Å². The van der Waals surface area contributed by atoms with E-state index in [-0.39, 0.29) is 38.4 Å². The molecule has 0 bridgehead atoms. The average molecular weight is 459 g/mol. The first-order valence-electron chi connectivity index (χ1n) is 8.67. The van der Waals surface area contributed by atoms with Gasteiger partial charge in [-0.25, -0.2) is 9.61 Å². The molecule has 0 saturated heterocycles. The summed E-state index contributed by atoms with van der Waals surface area (Å²) in [4.78, 5) is 19.1. The molecule has 0 aliphatic rings. The number of hydrogen-bond acceptors (Lipinski definition) is 10. The van der Waals surface area contributed by atoms with Crippen molar-refractivity contribution in [2.45, 2.75) is 6.92 Å². The Labute approximate surface area is 184 Å². The molecule has 2 N–H and O–H groups in total. The molecule has 2 aromatic carbocycles. The number of nitrogens with one attached hydrogen (secondary N) is 2. The lowest BCUT2D eigenvalue weighted by molar-refractivity contribution is -0.384. The van der Waals surface area contributed by atoms with Crippen LogP contribution in [0.2, 0.25) is 10.0 Å². The number of nitrogens with zero attached hydrogens (tertiary/aromatic N) is 6. The van der Waals surface area contributed by atoms with Gasteiger partial charge >= 0.3 is 0 Å². The lowest BCUT2D eigenvalue weighted by Crippen LogP contribution is -2.03. The van der Waals surface area contributed by atoms with Gasteiger partial charge in [0.05, 0.1) is 16.2 Å². The highest BCUT2D eigenvalue weighted by atomic mass is 35.5. The zero-order valence-electron chi connectivity index (χ0n) is 15.7. The largest absolute Gasteiger partial charge is 0.337 e. The van der Waals surface area contributed by atoms with Gasteiger partial charge in [-0.1, -0.05) is 40.9 Å². The van der Waals surface area contributed by atoms with Crippen molar-refractivity contribution in [2.75, 3.05) is 10.7 Å². The van der Waals surface area contributed by atoms with Crippen molar-refractivity contribution < 1.29 is 9.55 Å². The highest BCUT2D eigenvalue weighted by molar-refractivity contribution is 6.37. The summed E-state index contributed by atoms with van der Waals surface area (Å²) in [5.41, 5.74) is 4.97. The average Bonchev–Trinajstić information content (AvgIpc) is 3.18. The van der Waals surface area contributed by atoms with Gasteiger partial charge in [0.2, 0.25) is 11.3 Å². The van der Waals surface area contributed by atoms with E-state index in [9.17, 15) is 10.1 Å². The summed E-state index contributed by atoms with van der Waals surface area (Å²) in [6.07, 6.45) is 1.30. The molecule has 2 heterocycles. The number of nitro benzene ring substituents is 1. The number of aryl methyl sites for hydroxylation is 1. The fourth-order valence-electron chi connectivity index (χ4n) is 2.53. The topological polar surface area (TPSA) is 144 Å². The van der Waals surface area contributed by atoms with Crippen LogP contribution >= 0.6 is 23.2 Å². The smallest absolute Gasteiger partial charge is 0.288 e. The second-order valence-electron chi connectivity index (χ2n) is 6.28. The van der Waals surface area contributed by atoms with Crippen LogP contribution in [0.15, 0.2) is 46.1 Å². The molecule has 156 valence electrons. The monoisotopic (exact) mass is 458 g/mol. The predicted octanol–water partition coefficient (Wildman–Crippen LogP) is 4.73. The Balaban J connectivity index is 1.64. The predicted molar refractivity (Wildman–Crippen MR) is 116 cm³/mol. The maximum Gasteiger partial charge on any atom is 0.288 e. The summed E-state index contributed by atoms with van der Waals surface area (Å²) in [6, 6.07) is 10.1. The van der Waals surface area contributed by atoms with Gasteiger partial charge in [0.15, 0.2) is 11.6 Å². The lowest BCUT2D eigenvalue weighted by Gasteiger charge is -2.09. The molecule has 0 saturated carbocycles. The molecular formula is C18H12Cl2N8O3. The van der Waals surface area contributed by atoms with E-state index < -0.39 is 4.92 Å². The summed E-state index contributed by atoms with van der Waals surface area (Å²) >= 11 is 11.9. The minimum absolute atomic E-state index is 0.0699. The molecule has 0 fully saturated rings. The lowest BCUT2D eigenvalue weighted by atomic mass is 10.2. The van der Waals surface area contributed by atoms with E-state index in [2.05, 4.69) is 40.8 Å². The Morgan fingerprint density at radius 1 is 1.06 bits per heavy atom. The number of nitro groups is 1. The Kier molecular flexibility index (Phi) is 5.60. The van der Waals surface area contributed by atoms with Crippen molar-refractivity contribution in [3.63, 3.8) is 0 Å². The SMILES string of the molecule is Cc1ccc(Nc2nc3nonc3nc2N/N=C/c2cc([N+](=O)[O-])c(Cl)cc2Cl)cc1. The van der Waals surface area contributed by atoms with Gasteiger partial charge in [-0.2, -0.15) is 10.1 Å². The Hall–Kier alpha value is -3.83. The van der Waals surface area contributed by atoms with Gasteiger partial charge in [-0.3, -0.25) is 15.5 Å². The first kappa shape index (κ1) is 20.4. The second kappa shape index (κ2) is 8.50. The van der Waals surface area contributed by atoms with E-state index in [4.69, 9.17) is 23.2 Å². The van der Waals surface area contributed by atoms with E-state index in [1.54, 1.807) is 0 Å². The van der Waals surface area contributed by atoms with Crippen LogP contribution in [0, 0.1) is 17.0 Å². The summed E-state index contributed by atoms with van der Waals surface area (Å²) in [5.74, 6) is 0.539.